The molecule has 0 aliphatic heterocycles. The summed E-state index contributed by atoms with van der Waals surface area (Å²) in [6.45, 7) is -1.02. The van der Waals surface area contributed by atoms with Gasteiger partial charge in [0.2, 0.25) is 0 Å². The Morgan fingerprint density at radius 2 is 1.92 bits per heavy atom. The maximum atomic E-state index is 12.3. The third kappa shape index (κ3) is 3.38. The van der Waals surface area contributed by atoms with E-state index in [2.05, 4.69) is 4.98 Å². The molecule has 1 unspecified atom stereocenters. The van der Waals surface area contributed by atoms with Gasteiger partial charge in [-0.05, 0) is 36.4 Å². The highest BCUT2D eigenvalue weighted by Gasteiger charge is 2.09. The molecular weight excluding hydrogens is 309 g/mol. The van der Waals surface area contributed by atoms with Crippen molar-refractivity contribution >= 4 is 22.3 Å². The molecule has 0 amide bonds. The van der Waals surface area contributed by atoms with Crippen LogP contribution >= 0.6 is 0 Å². The lowest BCUT2D eigenvalue weighted by atomic mass is 10.1. The van der Waals surface area contributed by atoms with Crippen molar-refractivity contribution < 1.29 is 14.2 Å². The van der Waals surface area contributed by atoms with Gasteiger partial charge in [0.1, 0.15) is 25.1 Å². The zero-order chi connectivity index (χ0) is 17.1. The maximum absolute atomic E-state index is 12.3. The lowest BCUT2D eigenvalue weighted by molar-refractivity contribution is 0.0845. The van der Waals surface area contributed by atoms with Crippen molar-refractivity contribution in [1.29, 1.82) is 0 Å². The molecule has 1 aromatic heterocycles. The Bertz CT molecular complexity index is 870. The summed E-state index contributed by atoms with van der Waals surface area (Å²) in [4.78, 5) is 4.61. The number of rotatable bonds is 5. The summed E-state index contributed by atoms with van der Waals surface area (Å²) in [6, 6.07) is 14.6. The smallest absolute Gasteiger partial charge is 0.142 e. The molecule has 0 bridgehead atoms. The molecule has 1 heterocycles. The number of benzene rings is 2. The Hall–Kier alpha value is -2.86. The first-order valence-corrected chi connectivity index (χ1v) is 7.50. The Balaban J connectivity index is 1.92. The molecule has 3 rings (SSSR count). The number of alkyl halides is 1. The number of nitrogens with two attached hydrogens (primary N) is 2. The van der Waals surface area contributed by atoms with E-state index in [1.807, 2.05) is 30.3 Å². The second-order valence-corrected chi connectivity index (χ2v) is 5.52. The quantitative estimate of drug-likeness (QED) is 0.626. The highest BCUT2D eigenvalue weighted by molar-refractivity contribution is 5.84. The lowest BCUT2D eigenvalue weighted by Crippen LogP contribution is -2.19. The molecule has 24 heavy (non-hydrogen) atoms. The van der Waals surface area contributed by atoms with Crippen molar-refractivity contribution in [2.75, 3.05) is 24.7 Å². The summed E-state index contributed by atoms with van der Waals surface area (Å²) in [5.74, 6) is 0.388. The second kappa shape index (κ2) is 6.72. The van der Waals surface area contributed by atoms with Gasteiger partial charge >= 0.3 is 0 Å². The van der Waals surface area contributed by atoms with Crippen LogP contribution in [0.5, 0.6) is 5.75 Å². The molecule has 0 saturated carbocycles. The number of anilines is 2. The van der Waals surface area contributed by atoms with Crippen LogP contribution in [0.4, 0.5) is 15.8 Å². The van der Waals surface area contributed by atoms with Crippen LogP contribution in [-0.2, 0) is 0 Å². The van der Waals surface area contributed by atoms with E-state index in [0.717, 1.165) is 22.2 Å². The molecule has 5 nitrogen and oxygen atoms in total. The van der Waals surface area contributed by atoms with Gasteiger partial charge in [-0.25, -0.2) is 9.37 Å². The molecule has 3 aromatic rings. The number of aromatic nitrogens is 1. The summed E-state index contributed by atoms with van der Waals surface area (Å²) < 4.78 is 17.7. The Morgan fingerprint density at radius 1 is 1.08 bits per heavy atom. The number of aliphatic hydroxyl groups excluding tert-OH is 1. The standard InChI is InChI=1S/C18H18FN3O2/c19-9-14(23)10-24-18-8-12(1-4-15(18)21)16-5-2-11-7-13(20)3-6-17(11)22-16/h1-8,14,23H,9-10,20-21H2. The first-order valence-electron chi connectivity index (χ1n) is 7.50. The summed E-state index contributed by atoms with van der Waals surface area (Å²) in [5.41, 5.74) is 15.1. The van der Waals surface area contributed by atoms with Crippen LogP contribution in [0.25, 0.3) is 22.2 Å². The summed E-state index contributed by atoms with van der Waals surface area (Å²) >= 11 is 0. The highest BCUT2D eigenvalue weighted by Crippen LogP contribution is 2.29. The van der Waals surface area contributed by atoms with E-state index in [9.17, 15) is 9.50 Å². The van der Waals surface area contributed by atoms with Gasteiger partial charge in [0.15, 0.2) is 0 Å². The van der Waals surface area contributed by atoms with Crippen molar-refractivity contribution in [1.82, 2.24) is 4.98 Å². The molecule has 0 aliphatic carbocycles. The van der Waals surface area contributed by atoms with Crippen molar-refractivity contribution in [3.8, 4) is 17.0 Å². The van der Waals surface area contributed by atoms with Gasteiger partial charge in [-0.3, -0.25) is 0 Å². The highest BCUT2D eigenvalue weighted by atomic mass is 19.1. The molecule has 0 saturated heterocycles. The molecule has 1 atom stereocenters. The summed E-state index contributed by atoms with van der Waals surface area (Å²) in [7, 11) is 0. The minimum Gasteiger partial charge on any atom is -0.489 e. The van der Waals surface area contributed by atoms with Gasteiger partial charge in [-0.1, -0.05) is 12.1 Å². The molecule has 0 fully saturated rings. The Morgan fingerprint density at radius 3 is 2.71 bits per heavy atom. The van der Waals surface area contributed by atoms with Gasteiger partial charge < -0.3 is 21.3 Å². The third-order valence-corrected chi connectivity index (χ3v) is 3.63. The number of nitrogens with zero attached hydrogens (tertiary/aromatic N) is 1. The van der Waals surface area contributed by atoms with Crippen molar-refractivity contribution in [3.05, 3.63) is 48.5 Å². The van der Waals surface area contributed by atoms with E-state index in [4.69, 9.17) is 16.2 Å². The average molecular weight is 327 g/mol. The van der Waals surface area contributed by atoms with Crippen LogP contribution in [-0.4, -0.2) is 29.5 Å². The molecule has 2 aromatic carbocycles. The van der Waals surface area contributed by atoms with E-state index < -0.39 is 12.8 Å². The molecule has 5 N–H and O–H groups in total. The van der Waals surface area contributed by atoms with Crippen molar-refractivity contribution in [2.24, 2.45) is 0 Å². The summed E-state index contributed by atoms with van der Waals surface area (Å²) in [5, 5.41) is 10.2. The van der Waals surface area contributed by atoms with Crippen LogP contribution in [0.1, 0.15) is 0 Å². The minimum absolute atomic E-state index is 0.158. The predicted octanol–water partition coefficient (Wildman–Crippen LogP) is 2.78. The zero-order valence-corrected chi connectivity index (χ0v) is 12.9. The van der Waals surface area contributed by atoms with Crippen LogP contribution < -0.4 is 16.2 Å². The largest absolute Gasteiger partial charge is 0.489 e. The Labute approximate surface area is 138 Å². The molecule has 0 radical (unpaired) electrons. The second-order valence-electron chi connectivity index (χ2n) is 5.52. The van der Waals surface area contributed by atoms with Gasteiger partial charge in [-0.15, -0.1) is 0 Å². The SMILES string of the molecule is Nc1ccc2nc(-c3ccc(N)c(OCC(O)CF)c3)ccc2c1. The minimum atomic E-state index is -1.17. The fourth-order valence-electron chi connectivity index (χ4n) is 2.35. The lowest BCUT2D eigenvalue weighted by Gasteiger charge is -2.13. The van der Waals surface area contributed by atoms with Crippen LogP contribution in [0, 0.1) is 0 Å². The molecular formula is C18H18FN3O2. The van der Waals surface area contributed by atoms with Gasteiger partial charge in [0.05, 0.1) is 16.9 Å². The fraction of sp³-hybridized carbons (Fsp3) is 0.167. The monoisotopic (exact) mass is 327 g/mol. The fourth-order valence-corrected chi connectivity index (χ4v) is 2.35. The van der Waals surface area contributed by atoms with Crippen LogP contribution in [0.2, 0.25) is 0 Å². The third-order valence-electron chi connectivity index (χ3n) is 3.63. The molecule has 0 spiro atoms. The van der Waals surface area contributed by atoms with E-state index in [1.54, 1.807) is 18.2 Å². The number of hydrogen-bond donors (Lipinski definition) is 3. The number of nitrogen functional groups attached to an aromatic ring is 2. The van der Waals surface area contributed by atoms with Gasteiger partial charge in [0.25, 0.3) is 0 Å². The summed E-state index contributed by atoms with van der Waals surface area (Å²) in [6.07, 6.45) is -1.17. The zero-order valence-electron chi connectivity index (χ0n) is 12.9. The van der Waals surface area contributed by atoms with E-state index in [-0.39, 0.29) is 6.61 Å². The number of hydrogen-bond acceptors (Lipinski definition) is 5. The van der Waals surface area contributed by atoms with Gasteiger partial charge in [-0.2, -0.15) is 0 Å². The number of ether oxygens (including phenoxy) is 1. The molecule has 6 heteroatoms. The van der Waals surface area contributed by atoms with Crippen molar-refractivity contribution in [3.63, 3.8) is 0 Å². The first-order chi connectivity index (χ1) is 11.6. The van der Waals surface area contributed by atoms with Gasteiger partial charge in [0, 0.05) is 16.6 Å². The van der Waals surface area contributed by atoms with E-state index in [0.29, 0.717) is 17.1 Å². The molecule has 124 valence electrons. The maximum Gasteiger partial charge on any atom is 0.142 e. The topological polar surface area (TPSA) is 94.4 Å². The van der Waals surface area contributed by atoms with E-state index in [1.165, 1.54) is 0 Å². The number of pyridine rings is 1. The normalized spacial score (nSPS) is 12.2. The number of aliphatic hydroxyl groups is 1. The number of halogens is 1. The number of fused-ring (bicyclic) bond motifs is 1. The average Bonchev–Trinajstić information content (AvgIpc) is 2.60. The van der Waals surface area contributed by atoms with E-state index >= 15 is 0 Å². The predicted molar refractivity (Wildman–Crippen MR) is 93.5 cm³/mol. The van der Waals surface area contributed by atoms with Crippen molar-refractivity contribution in [2.45, 2.75) is 6.10 Å². The van der Waals surface area contributed by atoms with Crippen LogP contribution in [0.15, 0.2) is 48.5 Å². The first kappa shape index (κ1) is 16.0. The molecule has 0 aliphatic rings. The Kier molecular flexibility index (Phi) is 4.48. The van der Waals surface area contributed by atoms with Crippen LogP contribution in [0.3, 0.4) is 0 Å².